The van der Waals surface area contributed by atoms with Gasteiger partial charge in [0.25, 0.3) is 0 Å². The maximum Gasteiger partial charge on any atom is 0.332 e. The van der Waals surface area contributed by atoms with Crippen LogP contribution < -0.4 is 5.73 Å². The standard InChI is InChI=1S/C7H12FNO5/c8-1-2-14-5(7(12)13)3-4(9)6(10)11/h4-5H,1-3,9H2,(H,10,11)(H,12,13)/i8+0. The number of carboxylic acids is 2. The van der Waals surface area contributed by atoms with Crippen LogP contribution in [0.25, 0.3) is 0 Å². The van der Waals surface area contributed by atoms with E-state index in [9.17, 15) is 14.0 Å². The van der Waals surface area contributed by atoms with Crippen molar-refractivity contribution in [2.75, 3.05) is 13.3 Å². The summed E-state index contributed by atoms with van der Waals surface area (Å²) >= 11 is 0. The van der Waals surface area contributed by atoms with Gasteiger partial charge in [0.1, 0.15) is 12.7 Å². The van der Waals surface area contributed by atoms with Gasteiger partial charge in [0, 0.05) is 6.42 Å². The Bertz CT molecular complexity index is 210. The summed E-state index contributed by atoms with van der Waals surface area (Å²) in [6.07, 6.45) is -1.76. The van der Waals surface area contributed by atoms with Crippen molar-refractivity contribution in [2.45, 2.75) is 18.6 Å². The Balaban J connectivity index is 4.08. The molecule has 0 aromatic rings. The van der Waals surface area contributed by atoms with Gasteiger partial charge < -0.3 is 20.7 Å². The van der Waals surface area contributed by atoms with Crippen LogP contribution >= 0.6 is 0 Å². The number of aliphatic carboxylic acids is 2. The van der Waals surface area contributed by atoms with Gasteiger partial charge in [-0.05, 0) is 0 Å². The van der Waals surface area contributed by atoms with E-state index in [-0.39, 0.29) is 13.0 Å². The lowest BCUT2D eigenvalue weighted by atomic mass is 10.1. The largest absolute Gasteiger partial charge is 0.480 e. The summed E-state index contributed by atoms with van der Waals surface area (Å²) in [4.78, 5) is 20.8. The Morgan fingerprint density at radius 2 is 1.93 bits per heavy atom. The minimum absolute atomic E-state index is 0.384. The number of alkyl halides is 1. The van der Waals surface area contributed by atoms with Crippen LogP contribution in [0, 0.1) is 0 Å². The molecule has 0 saturated heterocycles. The molecule has 0 radical (unpaired) electrons. The molecule has 0 rings (SSSR count). The summed E-state index contributed by atoms with van der Waals surface area (Å²) < 4.78 is 16.2. The molecule has 0 bridgehead atoms. The number of rotatable bonds is 7. The van der Waals surface area contributed by atoms with Gasteiger partial charge in [0.2, 0.25) is 0 Å². The van der Waals surface area contributed by atoms with Crippen LogP contribution in [0.15, 0.2) is 0 Å². The van der Waals surface area contributed by atoms with Gasteiger partial charge in [-0.15, -0.1) is 0 Å². The van der Waals surface area contributed by atoms with Crippen molar-refractivity contribution < 1.29 is 28.9 Å². The predicted molar refractivity (Wildman–Crippen MR) is 43.6 cm³/mol. The lowest BCUT2D eigenvalue weighted by molar-refractivity contribution is -0.152. The molecule has 0 fully saturated rings. The smallest absolute Gasteiger partial charge is 0.332 e. The van der Waals surface area contributed by atoms with E-state index in [1.165, 1.54) is 0 Å². The van der Waals surface area contributed by atoms with Gasteiger partial charge in [0.05, 0.1) is 6.61 Å². The van der Waals surface area contributed by atoms with Crippen molar-refractivity contribution in [2.24, 2.45) is 5.73 Å². The third-order valence-corrected chi connectivity index (χ3v) is 1.46. The molecule has 0 spiro atoms. The van der Waals surface area contributed by atoms with Crippen molar-refractivity contribution in [1.82, 2.24) is 0 Å². The minimum atomic E-state index is -1.38. The average Bonchev–Trinajstić information content (AvgIpc) is 2.10. The topological polar surface area (TPSA) is 110 Å². The number of hydrogen-bond acceptors (Lipinski definition) is 4. The predicted octanol–water partition coefficient (Wildman–Crippen LogP) is -0.772. The third-order valence-electron chi connectivity index (χ3n) is 1.46. The van der Waals surface area contributed by atoms with Crippen molar-refractivity contribution in [3.05, 3.63) is 0 Å². The maximum absolute atomic E-state index is 11.6. The monoisotopic (exact) mass is 209 g/mol. The SMILES string of the molecule is NC(CC(OCC[19F])C(=O)O)C(=O)O. The Labute approximate surface area is 79.5 Å². The molecule has 0 aromatic heterocycles. The molecule has 0 aliphatic heterocycles. The highest BCUT2D eigenvalue weighted by Crippen LogP contribution is 2.02. The highest BCUT2D eigenvalue weighted by atomic mass is 19.1. The number of ether oxygens (including phenoxy) is 1. The summed E-state index contributed by atoms with van der Waals surface area (Å²) in [6, 6.07) is -1.32. The summed E-state index contributed by atoms with van der Waals surface area (Å²) in [5, 5.41) is 16.9. The summed E-state index contributed by atoms with van der Waals surface area (Å²) in [5.41, 5.74) is 5.09. The highest BCUT2D eigenvalue weighted by molar-refractivity contribution is 5.76. The van der Waals surface area contributed by atoms with Gasteiger partial charge in [-0.3, -0.25) is 4.79 Å². The van der Waals surface area contributed by atoms with Crippen LogP contribution in [-0.2, 0) is 14.3 Å². The van der Waals surface area contributed by atoms with Crippen molar-refractivity contribution in [1.29, 1.82) is 0 Å². The quantitative estimate of drug-likeness (QED) is 0.507. The Kier molecular flexibility index (Phi) is 5.73. The van der Waals surface area contributed by atoms with Crippen molar-refractivity contribution in [3.63, 3.8) is 0 Å². The average molecular weight is 209 g/mol. The van der Waals surface area contributed by atoms with E-state index >= 15 is 0 Å². The molecule has 2 atom stereocenters. The fourth-order valence-electron chi connectivity index (χ4n) is 0.758. The van der Waals surface area contributed by atoms with Gasteiger partial charge >= 0.3 is 11.9 Å². The Morgan fingerprint density at radius 1 is 1.36 bits per heavy atom. The van der Waals surface area contributed by atoms with Crippen LogP contribution in [0.4, 0.5) is 4.39 Å². The fourth-order valence-corrected chi connectivity index (χ4v) is 0.758. The summed E-state index contributed by atoms with van der Waals surface area (Å²) in [7, 11) is 0. The molecule has 0 aliphatic rings. The second-order valence-electron chi connectivity index (χ2n) is 2.57. The van der Waals surface area contributed by atoms with E-state index < -0.39 is 30.8 Å². The molecule has 4 N–H and O–H groups in total. The second kappa shape index (κ2) is 6.28. The molecule has 0 heterocycles. The second-order valence-corrected chi connectivity index (χ2v) is 2.57. The minimum Gasteiger partial charge on any atom is -0.480 e. The van der Waals surface area contributed by atoms with Crippen LogP contribution in [-0.4, -0.2) is 47.6 Å². The molecule has 0 aliphatic carbocycles. The zero-order valence-corrected chi connectivity index (χ0v) is 7.35. The molecule has 7 heteroatoms. The number of hydrogen-bond donors (Lipinski definition) is 3. The molecule has 82 valence electrons. The number of halogens is 1. The third kappa shape index (κ3) is 4.73. The first-order valence-corrected chi connectivity index (χ1v) is 3.87. The number of carboxylic acid groups (broad SMARTS) is 2. The van der Waals surface area contributed by atoms with Crippen molar-refractivity contribution >= 4 is 11.9 Å². The zero-order chi connectivity index (χ0) is 11.1. The van der Waals surface area contributed by atoms with E-state index in [0.29, 0.717) is 0 Å². The molecule has 2 unspecified atom stereocenters. The van der Waals surface area contributed by atoms with Crippen LogP contribution in [0.1, 0.15) is 6.42 Å². The molecule has 14 heavy (non-hydrogen) atoms. The van der Waals surface area contributed by atoms with Gasteiger partial charge in [-0.1, -0.05) is 0 Å². The van der Waals surface area contributed by atoms with Crippen LogP contribution in [0.3, 0.4) is 0 Å². The first-order chi connectivity index (χ1) is 6.49. The van der Waals surface area contributed by atoms with Crippen LogP contribution in [0.2, 0.25) is 0 Å². The maximum atomic E-state index is 11.6. The Morgan fingerprint density at radius 3 is 2.29 bits per heavy atom. The molecule has 0 saturated carbocycles. The summed E-state index contributed by atoms with van der Waals surface area (Å²) in [6.45, 7) is -1.21. The van der Waals surface area contributed by atoms with E-state index in [2.05, 4.69) is 4.74 Å². The van der Waals surface area contributed by atoms with Gasteiger partial charge in [0.15, 0.2) is 6.10 Å². The fraction of sp³-hybridized carbons (Fsp3) is 0.714. The van der Waals surface area contributed by atoms with Crippen LogP contribution in [0.5, 0.6) is 0 Å². The molecule has 6 nitrogen and oxygen atoms in total. The van der Waals surface area contributed by atoms with E-state index in [1.54, 1.807) is 0 Å². The van der Waals surface area contributed by atoms with Crippen molar-refractivity contribution in [3.8, 4) is 0 Å². The molecule has 0 amide bonds. The molecular formula is C7H12FNO5. The zero-order valence-electron chi connectivity index (χ0n) is 7.35. The van der Waals surface area contributed by atoms with E-state index in [1.807, 2.05) is 0 Å². The first-order valence-electron chi connectivity index (χ1n) is 3.87. The van der Waals surface area contributed by atoms with E-state index in [4.69, 9.17) is 15.9 Å². The Hall–Kier alpha value is -1.21. The number of carbonyl (C=O) groups is 2. The normalized spacial score (nSPS) is 14.7. The molecule has 0 aromatic carbocycles. The first kappa shape index (κ1) is 12.8. The molecular weight excluding hydrogens is 197 g/mol. The number of nitrogens with two attached hydrogens (primary N) is 1. The lowest BCUT2D eigenvalue weighted by Crippen LogP contribution is -2.38. The highest BCUT2D eigenvalue weighted by Gasteiger charge is 2.24. The summed E-state index contributed by atoms with van der Waals surface area (Å²) in [5.74, 6) is -2.67. The lowest BCUT2D eigenvalue weighted by Gasteiger charge is -2.14. The van der Waals surface area contributed by atoms with Gasteiger partial charge in [-0.25, -0.2) is 9.18 Å². The van der Waals surface area contributed by atoms with Gasteiger partial charge in [-0.2, -0.15) is 0 Å². The van der Waals surface area contributed by atoms with E-state index in [0.717, 1.165) is 0 Å².